The quantitative estimate of drug-likeness (QED) is 0.859. The number of carboxylic acid groups (broad SMARTS) is 1. The first kappa shape index (κ1) is 15.7. The van der Waals surface area contributed by atoms with Crippen molar-refractivity contribution in [1.82, 2.24) is 0 Å². The van der Waals surface area contributed by atoms with Gasteiger partial charge in [-0.3, -0.25) is 4.79 Å². The molecular formula is C18H19NO3S. The molecule has 120 valence electrons. The molecule has 1 aromatic heterocycles. The van der Waals surface area contributed by atoms with Crippen molar-refractivity contribution in [3.63, 3.8) is 0 Å². The predicted octanol–water partition coefficient (Wildman–Crippen LogP) is 4.63. The molecule has 0 spiro atoms. The smallest absolute Gasteiger partial charge is 0.339 e. The van der Waals surface area contributed by atoms with Gasteiger partial charge in [0.1, 0.15) is 10.6 Å². The van der Waals surface area contributed by atoms with Crippen molar-refractivity contribution in [2.24, 2.45) is 5.92 Å². The first-order valence-electron chi connectivity index (χ1n) is 7.88. The standard InChI is InChI=1S/C18H19NO3S/c20-16(13-9-5-2-6-10-13)19-17-15(18(21)22)14(11-23-17)12-7-3-1-4-8-12/h1,3-4,7-8,11,13H,2,5-6,9-10H2,(H,19,20)(H,21,22). The van der Waals surface area contributed by atoms with Crippen molar-refractivity contribution in [1.29, 1.82) is 0 Å². The topological polar surface area (TPSA) is 66.4 Å². The molecule has 1 aliphatic carbocycles. The number of nitrogens with one attached hydrogen (secondary N) is 1. The Morgan fingerprint density at radius 1 is 1.09 bits per heavy atom. The van der Waals surface area contributed by atoms with Gasteiger partial charge in [-0.2, -0.15) is 0 Å². The number of carboxylic acids is 1. The summed E-state index contributed by atoms with van der Waals surface area (Å²) in [5.74, 6) is -1.05. The lowest BCUT2D eigenvalue weighted by Gasteiger charge is -2.20. The second-order valence-corrected chi connectivity index (χ2v) is 6.73. The summed E-state index contributed by atoms with van der Waals surface area (Å²) in [5, 5.41) is 14.7. The van der Waals surface area contributed by atoms with Crippen LogP contribution in [0.4, 0.5) is 5.00 Å². The van der Waals surface area contributed by atoms with E-state index in [2.05, 4.69) is 5.32 Å². The number of thiophene rings is 1. The Morgan fingerprint density at radius 3 is 2.43 bits per heavy atom. The molecule has 1 amide bonds. The molecule has 0 radical (unpaired) electrons. The minimum absolute atomic E-state index is 0.00710. The van der Waals surface area contributed by atoms with Gasteiger partial charge in [0.05, 0.1) is 0 Å². The van der Waals surface area contributed by atoms with Crippen LogP contribution in [0.15, 0.2) is 35.7 Å². The zero-order chi connectivity index (χ0) is 16.2. The summed E-state index contributed by atoms with van der Waals surface area (Å²) in [4.78, 5) is 24.1. The lowest BCUT2D eigenvalue weighted by molar-refractivity contribution is -0.120. The predicted molar refractivity (Wildman–Crippen MR) is 91.9 cm³/mol. The Labute approximate surface area is 139 Å². The maximum atomic E-state index is 12.4. The van der Waals surface area contributed by atoms with Crippen LogP contribution < -0.4 is 5.32 Å². The largest absolute Gasteiger partial charge is 0.478 e. The molecule has 2 aromatic rings. The van der Waals surface area contributed by atoms with Gasteiger partial charge in [-0.1, -0.05) is 49.6 Å². The van der Waals surface area contributed by atoms with Crippen molar-refractivity contribution >= 4 is 28.2 Å². The van der Waals surface area contributed by atoms with E-state index in [0.29, 0.717) is 10.6 Å². The van der Waals surface area contributed by atoms with Gasteiger partial charge in [-0.25, -0.2) is 4.79 Å². The molecule has 0 aliphatic heterocycles. The van der Waals surface area contributed by atoms with Crippen LogP contribution in [0.2, 0.25) is 0 Å². The molecule has 0 unspecified atom stereocenters. The van der Waals surface area contributed by atoms with Gasteiger partial charge in [0.2, 0.25) is 5.91 Å². The SMILES string of the molecule is O=C(O)c1c(-c2ccccc2)csc1NC(=O)C1CCCCC1. The maximum Gasteiger partial charge on any atom is 0.339 e. The van der Waals surface area contributed by atoms with E-state index in [1.807, 2.05) is 30.3 Å². The molecule has 0 atom stereocenters. The molecule has 1 heterocycles. The molecule has 1 aliphatic rings. The number of amides is 1. The summed E-state index contributed by atoms with van der Waals surface area (Å²) >= 11 is 1.28. The van der Waals surface area contributed by atoms with E-state index in [-0.39, 0.29) is 17.4 Å². The first-order chi connectivity index (χ1) is 11.2. The molecule has 3 rings (SSSR count). The molecule has 23 heavy (non-hydrogen) atoms. The van der Waals surface area contributed by atoms with E-state index < -0.39 is 5.97 Å². The van der Waals surface area contributed by atoms with Crippen LogP contribution >= 0.6 is 11.3 Å². The van der Waals surface area contributed by atoms with Crippen molar-refractivity contribution < 1.29 is 14.7 Å². The number of hydrogen-bond acceptors (Lipinski definition) is 3. The molecule has 0 bridgehead atoms. The Kier molecular flexibility index (Phi) is 4.76. The van der Waals surface area contributed by atoms with Gasteiger partial charge in [0, 0.05) is 16.9 Å². The molecule has 4 nitrogen and oxygen atoms in total. The highest BCUT2D eigenvalue weighted by molar-refractivity contribution is 7.15. The molecular weight excluding hydrogens is 310 g/mol. The van der Waals surface area contributed by atoms with Crippen LogP contribution in [-0.2, 0) is 4.79 Å². The second kappa shape index (κ2) is 6.96. The van der Waals surface area contributed by atoms with Crippen molar-refractivity contribution in [2.75, 3.05) is 5.32 Å². The van der Waals surface area contributed by atoms with E-state index in [9.17, 15) is 14.7 Å². The van der Waals surface area contributed by atoms with Crippen molar-refractivity contribution in [3.8, 4) is 11.1 Å². The number of aromatic carboxylic acids is 1. The van der Waals surface area contributed by atoms with Crippen LogP contribution in [0, 0.1) is 5.92 Å². The molecule has 0 saturated heterocycles. The van der Waals surface area contributed by atoms with Crippen LogP contribution in [0.25, 0.3) is 11.1 Å². The number of carbonyl (C=O) groups is 2. The summed E-state index contributed by atoms with van der Waals surface area (Å²) in [6.45, 7) is 0. The molecule has 1 saturated carbocycles. The minimum Gasteiger partial charge on any atom is -0.478 e. The fourth-order valence-corrected chi connectivity index (χ4v) is 4.04. The maximum absolute atomic E-state index is 12.4. The van der Waals surface area contributed by atoms with Gasteiger partial charge in [-0.15, -0.1) is 11.3 Å². The Bertz CT molecular complexity index is 702. The Hall–Kier alpha value is -2.14. The van der Waals surface area contributed by atoms with E-state index >= 15 is 0 Å². The van der Waals surface area contributed by atoms with Gasteiger partial charge in [-0.05, 0) is 18.4 Å². The average molecular weight is 329 g/mol. The Morgan fingerprint density at radius 2 is 1.78 bits per heavy atom. The van der Waals surface area contributed by atoms with Crippen LogP contribution in [0.5, 0.6) is 0 Å². The molecule has 2 N–H and O–H groups in total. The first-order valence-corrected chi connectivity index (χ1v) is 8.76. The van der Waals surface area contributed by atoms with Gasteiger partial charge in [0.15, 0.2) is 0 Å². The summed E-state index contributed by atoms with van der Waals surface area (Å²) < 4.78 is 0. The zero-order valence-corrected chi connectivity index (χ0v) is 13.6. The van der Waals surface area contributed by atoms with Crippen LogP contribution in [0.3, 0.4) is 0 Å². The lowest BCUT2D eigenvalue weighted by atomic mass is 9.88. The fourth-order valence-electron chi connectivity index (χ4n) is 3.07. The lowest BCUT2D eigenvalue weighted by Crippen LogP contribution is -2.25. The highest BCUT2D eigenvalue weighted by atomic mass is 32.1. The third-order valence-corrected chi connectivity index (χ3v) is 5.20. The fraction of sp³-hybridized carbons (Fsp3) is 0.333. The van der Waals surface area contributed by atoms with E-state index in [0.717, 1.165) is 31.2 Å². The van der Waals surface area contributed by atoms with Crippen LogP contribution in [-0.4, -0.2) is 17.0 Å². The van der Waals surface area contributed by atoms with E-state index in [4.69, 9.17) is 0 Å². The molecule has 1 fully saturated rings. The van der Waals surface area contributed by atoms with Gasteiger partial charge in [0.25, 0.3) is 0 Å². The second-order valence-electron chi connectivity index (χ2n) is 5.85. The number of hydrogen-bond donors (Lipinski definition) is 2. The third-order valence-electron chi connectivity index (χ3n) is 4.30. The van der Waals surface area contributed by atoms with Crippen LogP contribution in [0.1, 0.15) is 42.5 Å². The van der Waals surface area contributed by atoms with Gasteiger partial charge < -0.3 is 10.4 Å². The van der Waals surface area contributed by atoms with Crippen molar-refractivity contribution in [2.45, 2.75) is 32.1 Å². The summed E-state index contributed by atoms with van der Waals surface area (Å²) in [5.41, 5.74) is 1.69. The minimum atomic E-state index is -1.01. The number of benzene rings is 1. The molecule has 5 heteroatoms. The highest BCUT2D eigenvalue weighted by Gasteiger charge is 2.25. The number of rotatable bonds is 4. The number of anilines is 1. The van der Waals surface area contributed by atoms with E-state index in [1.165, 1.54) is 17.8 Å². The Balaban J connectivity index is 1.86. The third kappa shape index (κ3) is 3.45. The van der Waals surface area contributed by atoms with Gasteiger partial charge >= 0.3 is 5.97 Å². The summed E-state index contributed by atoms with van der Waals surface area (Å²) in [6, 6.07) is 9.39. The highest BCUT2D eigenvalue weighted by Crippen LogP contribution is 2.36. The summed E-state index contributed by atoms with van der Waals surface area (Å²) in [7, 11) is 0. The number of carbonyl (C=O) groups excluding carboxylic acids is 1. The average Bonchev–Trinajstić information content (AvgIpc) is 3.00. The normalized spacial score (nSPS) is 15.3. The molecule has 1 aromatic carbocycles. The van der Waals surface area contributed by atoms with E-state index in [1.54, 1.807) is 5.38 Å². The zero-order valence-electron chi connectivity index (χ0n) is 12.7. The summed E-state index contributed by atoms with van der Waals surface area (Å²) in [6.07, 6.45) is 5.12. The van der Waals surface area contributed by atoms with Crippen molar-refractivity contribution in [3.05, 3.63) is 41.3 Å². The monoisotopic (exact) mass is 329 g/mol.